The van der Waals surface area contributed by atoms with E-state index in [1.54, 1.807) is 31.3 Å². The van der Waals surface area contributed by atoms with Crippen molar-refractivity contribution in [2.24, 2.45) is 0 Å². The Hall–Kier alpha value is -1.04. The molecule has 0 aliphatic heterocycles. The third-order valence-corrected chi connectivity index (χ3v) is 3.39. The number of thioether (sulfide) groups is 1. The number of nitrogens with zero attached hydrogens (tertiary/aromatic N) is 1. The fraction of sp³-hybridized carbons (Fsp3) is 0.385. The van der Waals surface area contributed by atoms with Crippen molar-refractivity contribution in [3.05, 3.63) is 35.1 Å². The number of pyridine rings is 1. The largest absolute Gasteiger partial charge is 0.387 e. The van der Waals surface area contributed by atoms with Crippen molar-refractivity contribution < 1.29 is 9.90 Å². The van der Waals surface area contributed by atoms with Crippen LogP contribution in [0.25, 0.3) is 6.08 Å². The Bertz CT molecular complexity index is 464. The van der Waals surface area contributed by atoms with Crippen molar-refractivity contribution in [3.63, 3.8) is 0 Å². The van der Waals surface area contributed by atoms with Gasteiger partial charge in [-0.2, -0.15) is 11.8 Å². The van der Waals surface area contributed by atoms with Crippen molar-refractivity contribution in [2.45, 2.75) is 12.5 Å². The summed E-state index contributed by atoms with van der Waals surface area (Å²) in [5.41, 5.74) is -0.103. The molecule has 1 aromatic rings. The number of carbonyl (C=O) groups is 1. The highest BCUT2D eigenvalue weighted by molar-refractivity contribution is 7.98. The van der Waals surface area contributed by atoms with Crippen LogP contribution in [0.1, 0.15) is 12.5 Å². The fourth-order valence-corrected chi connectivity index (χ4v) is 2.30. The zero-order valence-corrected chi connectivity index (χ0v) is 12.5. The van der Waals surface area contributed by atoms with Gasteiger partial charge in [0.2, 0.25) is 5.91 Å². The minimum absolute atomic E-state index is 0.216. The summed E-state index contributed by atoms with van der Waals surface area (Å²) in [6, 6.07) is 3.41. The second-order valence-corrected chi connectivity index (χ2v) is 5.65. The number of rotatable bonds is 6. The molecular formula is C13H17ClN2O2S. The Kier molecular flexibility index (Phi) is 6.34. The van der Waals surface area contributed by atoms with Gasteiger partial charge in [-0.15, -0.1) is 0 Å². The predicted octanol–water partition coefficient (Wildman–Crippen LogP) is 1.98. The summed E-state index contributed by atoms with van der Waals surface area (Å²) in [5.74, 6) is 0.311. The van der Waals surface area contributed by atoms with Crippen LogP contribution >= 0.6 is 23.4 Å². The van der Waals surface area contributed by atoms with Gasteiger partial charge in [0.15, 0.2) is 0 Å². The van der Waals surface area contributed by atoms with Gasteiger partial charge in [-0.25, -0.2) is 4.98 Å². The van der Waals surface area contributed by atoms with Gasteiger partial charge in [-0.05, 0) is 37.0 Å². The first-order valence-electron chi connectivity index (χ1n) is 5.72. The quantitative estimate of drug-likeness (QED) is 0.623. The summed E-state index contributed by atoms with van der Waals surface area (Å²) in [5, 5.41) is 12.9. The number of aliphatic hydroxyl groups is 1. The van der Waals surface area contributed by atoms with Crippen molar-refractivity contribution in [1.82, 2.24) is 10.3 Å². The predicted molar refractivity (Wildman–Crippen MR) is 80.3 cm³/mol. The number of amides is 1. The van der Waals surface area contributed by atoms with E-state index < -0.39 is 5.60 Å². The molecule has 0 saturated carbocycles. The number of carbonyl (C=O) groups excluding carboxylic acids is 1. The summed E-state index contributed by atoms with van der Waals surface area (Å²) in [7, 11) is 0. The molecule has 0 spiro atoms. The monoisotopic (exact) mass is 300 g/mol. The molecule has 1 aromatic heterocycles. The second-order valence-electron chi connectivity index (χ2n) is 4.39. The first-order chi connectivity index (χ1) is 8.93. The molecule has 1 atom stereocenters. The molecule has 0 bridgehead atoms. The molecule has 19 heavy (non-hydrogen) atoms. The van der Waals surface area contributed by atoms with Gasteiger partial charge >= 0.3 is 0 Å². The third kappa shape index (κ3) is 6.61. The molecule has 1 unspecified atom stereocenters. The van der Waals surface area contributed by atoms with Gasteiger partial charge in [-0.3, -0.25) is 4.79 Å². The maximum Gasteiger partial charge on any atom is 0.244 e. The number of nitrogens with one attached hydrogen (secondary N) is 1. The third-order valence-electron chi connectivity index (χ3n) is 2.28. The molecule has 4 nitrogen and oxygen atoms in total. The first kappa shape index (κ1) is 16.0. The van der Waals surface area contributed by atoms with Crippen LogP contribution < -0.4 is 5.32 Å². The van der Waals surface area contributed by atoms with Crippen LogP contribution in [0, 0.1) is 0 Å². The molecule has 0 saturated heterocycles. The maximum absolute atomic E-state index is 11.6. The Labute approximate surface area is 122 Å². The van der Waals surface area contributed by atoms with Crippen molar-refractivity contribution in [3.8, 4) is 0 Å². The topological polar surface area (TPSA) is 62.2 Å². The second kappa shape index (κ2) is 7.53. The maximum atomic E-state index is 11.6. The van der Waals surface area contributed by atoms with E-state index in [1.807, 2.05) is 6.26 Å². The Morgan fingerprint density at radius 2 is 2.42 bits per heavy atom. The summed E-state index contributed by atoms with van der Waals surface area (Å²) in [4.78, 5) is 15.4. The number of halogens is 1. The Morgan fingerprint density at radius 1 is 1.68 bits per heavy atom. The molecule has 0 aromatic carbocycles. The van der Waals surface area contributed by atoms with Crippen LogP contribution in [0.15, 0.2) is 24.4 Å². The number of aromatic nitrogens is 1. The van der Waals surface area contributed by atoms with Gasteiger partial charge < -0.3 is 10.4 Å². The van der Waals surface area contributed by atoms with Crippen LogP contribution in [0.5, 0.6) is 0 Å². The lowest BCUT2D eigenvalue weighted by Crippen LogP contribution is -2.41. The molecule has 2 N–H and O–H groups in total. The standard InChI is InChI=1S/C13H17ClN2O2S/c1-13(18,9-19-2)8-16-12(17)4-3-10-5-6-15-11(14)7-10/h3-7,18H,8-9H2,1-2H3,(H,16,17)/b4-3+. The van der Waals surface area contributed by atoms with Crippen molar-refractivity contribution in [2.75, 3.05) is 18.6 Å². The van der Waals surface area contributed by atoms with E-state index in [4.69, 9.17) is 11.6 Å². The summed E-state index contributed by atoms with van der Waals surface area (Å²) >= 11 is 7.27. The highest BCUT2D eigenvalue weighted by Gasteiger charge is 2.19. The highest BCUT2D eigenvalue weighted by Crippen LogP contribution is 2.10. The molecule has 0 aliphatic carbocycles. The van der Waals surface area contributed by atoms with E-state index in [0.29, 0.717) is 10.9 Å². The zero-order valence-electron chi connectivity index (χ0n) is 10.9. The van der Waals surface area contributed by atoms with Gasteiger partial charge in [0.05, 0.1) is 5.60 Å². The fourth-order valence-electron chi connectivity index (χ4n) is 1.39. The average molecular weight is 301 g/mol. The number of hydrogen-bond acceptors (Lipinski definition) is 4. The van der Waals surface area contributed by atoms with E-state index in [-0.39, 0.29) is 12.5 Å². The minimum atomic E-state index is -0.900. The number of hydrogen-bond donors (Lipinski definition) is 2. The Balaban J connectivity index is 2.47. The normalized spacial score (nSPS) is 14.3. The summed E-state index contributed by atoms with van der Waals surface area (Å²) < 4.78 is 0. The molecule has 6 heteroatoms. The average Bonchev–Trinajstić information content (AvgIpc) is 2.34. The molecule has 1 amide bonds. The summed E-state index contributed by atoms with van der Waals surface area (Å²) in [6.45, 7) is 1.91. The van der Waals surface area contributed by atoms with Crippen LogP contribution in [0.2, 0.25) is 5.15 Å². The lowest BCUT2D eigenvalue weighted by atomic mass is 10.1. The highest BCUT2D eigenvalue weighted by atomic mass is 35.5. The van der Waals surface area contributed by atoms with Gasteiger partial charge in [0.25, 0.3) is 0 Å². The molecular weight excluding hydrogens is 284 g/mol. The first-order valence-corrected chi connectivity index (χ1v) is 7.49. The van der Waals surface area contributed by atoms with E-state index in [1.165, 1.54) is 17.8 Å². The van der Waals surface area contributed by atoms with Gasteiger partial charge in [0.1, 0.15) is 5.15 Å². The van der Waals surface area contributed by atoms with Crippen LogP contribution in [0.3, 0.4) is 0 Å². The van der Waals surface area contributed by atoms with E-state index in [2.05, 4.69) is 10.3 Å². The van der Waals surface area contributed by atoms with Crippen LogP contribution in [0.4, 0.5) is 0 Å². The van der Waals surface area contributed by atoms with Crippen LogP contribution in [-0.2, 0) is 4.79 Å². The molecule has 104 valence electrons. The smallest absolute Gasteiger partial charge is 0.244 e. The van der Waals surface area contributed by atoms with Gasteiger partial charge in [-0.1, -0.05) is 11.6 Å². The molecule has 1 rings (SSSR count). The van der Waals surface area contributed by atoms with Crippen LogP contribution in [-0.4, -0.2) is 40.2 Å². The van der Waals surface area contributed by atoms with Crippen molar-refractivity contribution in [1.29, 1.82) is 0 Å². The van der Waals surface area contributed by atoms with E-state index >= 15 is 0 Å². The summed E-state index contributed by atoms with van der Waals surface area (Å²) in [6.07, 6.45) is 6.53. The Morgan fingerprint density at radius 3 is 3.05 bits per heavy atom. The lowest BCUT2D eigenvalue weighted by Gasteiger charge is -2.21. The molecule has 0 fully saturated rings. The van der Waals surface area contributed by atoms with E-state index in [9.17, 15) is 9.90 Å². The molecule has 1 heterocycles. The molecule has 0 radical (unpaired) electrons. The minimum Gasteiger partial charge on any atom is -0.387 e. The zero-order chi connectivity index (χ0) is 14.3. The molecule has 0 aliphatic rings. The lowest BCUT2D eigenvalue weighted by molar-refractivity contribution is -0.117. The van der Waals surface area contributed by atoms with Gasteiger partial charge in [0, 0.05) is 24.6 Å². The SMILES string of the molecule is CSCC(C)(O)CNC(=O)/C=C/c1ccnc(Cl)c1. The van der Waals surface area contributed by atoms with E-state index in [0.717, 1.165) is 5.56 Å². The van der Waals surface area contributed by atoms with Crippen molar-refractivity contribution >= 4 is 35.3 Å².